The monoisotopic (exact) mass is 339 g/mol. The van der Waals surface area contributed by atoms with Gasteiger partial charge in [0.05, 0.1) is 15.7 Å². The topological polar surface area (TPSA) is 68.0 Å². The molecule has 0 unspecified atom stereocenters. The number of nitrogens with zero attached hydrogens (tertiary/aromatic N) is 1. The number of carbonyl (C=O) groups excluding carboxylic acids is 1. The van der Waals surface area contributed by atoms with Crippen LogP contribution in [0.4, 0.5) is 5.69 Å². The molecule has 4 nitrogen and oxygen atoms in total. The third kappa shape index (κ3) is 3.77. The number of rotatable bonds is 4. The number of amides is 1. The van der Waals surface area contributed by atoms with Gasteiger partial charge in [-0.25, -0.2) is 4.98 Å². The molecule has 1 aromatic heterocycles. The van der Waals surface area contributed by atoms with Crippen molar-refractivity contribution in [3.63, 3.8) is 0 Å². The Hall–Kier alpha value is -1.17. The summed E-state index contributed by atoms with van der Waals surface area (Å²) in [7, 11) is 0. The quantitative estimate of drug-likeness (QED) is 0.886. The summed E-state index contributed by atoms with van der Waals surface area (Å²) in [4.78, 5) is 16.6. The number of hydrogen-bond donors (Lipinski definition) is 2. The van der Waals surface area contributed by atoms with Crippen molar-refractivity contribution >= 4 is 45.6 Å². The fraction of sp³-hybridized carbons (Fsp3) is 0.500. The Labute approximate surface area is 140 Å². The van der Waals surface area contributed by atoms with Crippen molar-refractivity contribution in [2.75, 3.05) is 11.9 Å². The number of carbonyl (C=O) groups is 1. The Morgan fingerprint density at radius 1 is 1.32 bits per heavy atom. The second-order valence-corrected chi connectivity index (χ2v) is 6.91. The van der Waals surface area contributed by atoms with Gasteiger partial charge in [-0.2, -0.15) is 0 Å². The smallest absolute Gasteiger partial charge is 0.224 e. The molecule has 22 heavy (non-hydrogen) atoms. The lowest BCUT2D eigenvalue weighted by Gasteiger charge is -2.35. The minimum Gasteiger partial charge on any atom is -0.330 e. The van der Waals surface area contributed by atoms with Crippen molar-refractivity contribution in [3.8, 4) is 0 Å². The van der Waals surface area contributed by atoms with E-state index in [1.165, 1.54) is 19.3 Å². The molecule has 0 radical (unpaired) electrons. The van der Waals surface area contributed by atoms with Crippen LogP contribution < -0.4 is 11.1 Å². The Morgan fingerprint density at radius 3 is 2.82 bits per heavy atom. The molecular formula is C16H22ClN3OS. The predicted molar refractivity (Wildman–Crippen MR) is 94.7 cm³/mol. The van der Waals surface area contributed by atoms with Crippen LogP contribution in [0.25, 0.3) is 10.2 Å². The summed E-state index contributed by atoms with van der Waals surface area (Å²) in [6.07, 6.45) is 6.32. The van der Waals surface area contributed by atoms with Crippen LogP contribution in [-0.4, -0.2) is 17.4 Å². The van der Waals surface area contributed by atoms with Gasteiger partial charge in [0.25, 0.3) is 0 Å². The summed E-state index contributed by atoms with van der Waals surface area (Å²) in [5, 5.41) is 3.00. The number of anilines is 1. The van der Waals surface area contributed by atoms with Crippen LogP contribution in [0.5, 0.6) is 0 Å². The van der Waals surface area contributed by atoms with Crippen LogP contribution in [0.3, 0.4) is 0 Å². The lowest BCUT2D eigenvalue weighted by Crippen LogP contribution is -2.36. The van der Waals surface area contributed by atoms with Crippen LogP contribution in [0, 0.1) is 5.41 Å². The SMILES string of the molecule is Cl.NCC1(CC(=O)Nc2ccc3scnc3c2)CCCCC1. The van der Waals surface area contributed by atoms with E-state index in [9.17, 15) is 4.79 Å². The Bertz CT molecular complexity index is 637. The maximum Gasteiger partial charge on any atom is 0.224 e. The number of nitrogens with one attached hydrogen (secondary N) is 1. The second kappa shape index (κ2) is 7.40. The number of halogens is 1. The lowest BCUT2D eigenvalue weighted by atomic mass is 9.71. The highest BCUT2D eigenvalue weighted by Gasteiger charge is 2.32. The van der Waals surface area contributed by atoms with Gasteiger partial charge in [-0.05, 0) is 43.0 Å². The zero-order valence-corrected chi connectivity index (χ0v) is 14.1. The van der Waals surface area contributed by atoms with E-state index in [2.05, 4.69) is 10.3 Å². The highest BCUT2D eigenvalue weighted by Crippen LogP contribution is 2.38. The average Bonchev–Trinajstić information content (AvgIpc) is 2.95. The maximum absolute atomic E-state index is 12.3. The van der Waals surface area contributed by atoms with E-state index in [1.54, 1.807) is 11.3 Å². The molecule has 1 aliphatic carbocycles. The third-order valence-corrected chi connectivity index (χ3v) is 5.31. The van der Waals surface area contributed by atoms with E-state index in [-0.39, 0.29) is 23.7 Å². The van der Waals surface area contributed by atoms with Gasteiger partial charge in [-0.15, -0.1) is 23.7 Å². The van der Waals surface area contributed by atoms with E-state index in [1.807, 2.05) is 23.7 Å². The van der Waals surface area contributed by atoms with E-state index in [0.717, 1.165) is 28.7 Å². The Kier molecular flexibility index (Phi) is 5.78. The zero-order valence-electron chi connectivity index (χ0n) is 12.5. The molecular weight excluding hydrogens is 318 g/mol. The van der Waals surface area contributed by atoms with Gasteiger partial charge in [-0.1, -0.05) is 19.3 Å². The first-order valence-corrected chi connectivity index (χ1v) is 8.42. The number of thiazole rings is 1. The standard InChI is InChI=1S/C16H21N3OS.ClH/c17-10-16(6-2-1-3-7-16)9-15(20)19-12-4-5-14-13(8-12)18-11-21-14;/h4-5,8,11H,1-3,6-7,9-10,17H2,(H,19,20);1H. The molecule has 2 aromatic rings. The second-order valence-electron chi connectivity index (χ2n) is 6.02. The number of benzene rings is 1. The molecule has 1 fully saturated rings. The van der Waals surface area contributed by atoms with E-state index >= 15 is 0 Å². The van der Waals surface area contributed by atoms with Crippen molar-refractivity contribution in [1.29, 1.82) is 0 Å². The highest BCUT2D eigenvalue weighted by molar-refractivity contribution is 7.16. The molecule has 3 N–H and O–H groups in total. The zero-order chi connectivity index (χ0) is 14.7. The van der Waals surface area contributed by atoms with Gasteiger partial charge in [0.2, 0.25) is 5.91 Å². The molecule has 0 spiro atoms. The summed E-state index contributed by atoms with van der Waals surface area (Å²) >= 11 is 1.61. The van der Waals surface area contributed by atoms with E-state index < -0.39 is 0 Å². The molecule has 120 valence electrons. The Balaban J connectivity index is 0.00000176. The molecule has 0 saturated heterocycles. The summed E-state index contributed by atoms with van der Waals surface area (Å²) in [6, 6.07) is 5.87. The summed E-state index contributed by atoms with van der Waals surface area (Å²) < 4.78 is 1.14. The minimum atomic E-state index is 0. The first-order chi connectivity index (χ1) is 10.2. The van der Waals surface area contributed by atoms with Gasteiger partial charge >= 0.3 is 0 Å². The molecule has 0 atom stereocenters. The van der Waals surface area contributed by atoms with E-state index in [0.29, 0.717) is 13.0 Å². The van der Waals surface area contributed by atoms with Gasteiger partial charge in [0, 0.05) is 12.1 Å². The van der Waals surface area contributed by atoms with Crippen molar-refractivity contribution in [2.24, 2.45) is 11.1 Å². The van der Waals surface area contributed by atoms with E-state index in [4.69, 9.17) is 5.73 Å². The maximum atomic E-state index is 12.3. The third-order valence-electron chi connectivity index (χ3n) is 4.50. The molecule has 1 aromatic carbocycles. The summed E-state index contributed by atoms with van der Waals surface area (Å²) in [6.45, 7) is 0.603. The fourth-order valence-electron chi connectivity index (χ4n) is 3.24. The van der Waals surface area contributed by atoms with Crippen molar-refractivity contribution in [1.82, 2.24) is 4.98 Å². The molecule has 1 amide bonds. The lowest BCUT2D eigenvalue weighted by molar-refractivity contribution is -0.118. The predicted octanol–water partition coefficient (Wildman–Crippen LogP) is 3.96. The first-order valence-electron chi connectivity index (χ1n) is 7.54. The molecule has 3 rings (SSSR count). The van der Waals surface area contributed by atoms with Crippen molar-refractivity contribution in [2.45, 2.75) is 38.5 Å². The fourth-order valence-corrected chi connectivity index (χ4v) is 3.90. The molecule has 0 aliphatic heterocycles. The summed E-state index contributed by atoms with van der Waals surface area (Å²) in [5.41, 5.74) is 9.53. The van der Waals surface area contributed by atoms with Crippen LogP contribution in [0.15, 0.2) is 23.7 Å². The normalized spacial score (nSPS) is 17.0. The van der Waals surface area contributed by atoms with Crippen molar-refractivity contribution < 1.29 is 4.79 Å². The number of fused-ring (bicyclic) bond motifs is 1. The van der Waals surface area contributed by atoms with Crippen LogP contribution in [-0.2, 0) is 4.79 Å². The van der Waals surface area contributed by atoms with Crippen molar-refractivity contribution in [3.05, 3.63) is 23.7 Å². The molecule has 1 heterocycles. The average molecular weight is 340 g/mol. The van der Waals surface area contributed by atoms with Gasteiger partial charge in [0.15, 0.2) is 0 Å². The van der Waals surface area contributed by atoms with Crippen LogP contribution in [0.2, 0.25) is 0 Å². The first kappa shape index (κ1) is 17.2. The van der Waals surface area contributed by atoms with Crippen LogP contribution >= 0.6 is 23.7 Å². The van der Waals surface area contributed by atoms with Gasteiger partial charge < -0.3 is 11.1 Å². The molecule has 0 bridgehead atoms. The summed E-state index contributed by atoms with van der Waals surface area (Å²) in [5.74, 6) is 0.0666. The molecule has 6 heteroatoms. The molecule has 1 aliphatic rings. The highest BCUT2D eigenvalue weighted by atomic mass is 35.5. The minimum absolute atomic E-state index is 0. The Morgan fingerprint density at radius 2 is 2.09 bits per heavy atom. The van der Waals surface area contributed by atoms with Gasteiger partial charge in [-0.3, -0.25) is 4.79 Å². The number of aromatic nitrogens is 1. The number of hydrogen-bond acceptors (Lipinski definition) is 4. The van der Waals surface area contributed by atoms with Crippen LogP contribution in [0.1, 0.15) is 38.5 Å². The van der Waals surface area contributed by atoms with Gasteiger partial charge in [0.1, 0.15) is 0 Å². The largest absolute Gasteiger partial charge is 0.330 e. The number of nitrogens with two attached hydrogens (primary N) is 1. The molecule has 1 saturated carbocycles.